The summed E-state index contributed by atoms with van der Waals surface area (Å²) >= 11 is 0. The Labute approximate surface area is 126 Å². The van der Waals surface area contributed by atoms with E-state index in [1.165, 1.54) is 0 Å². The van der Waals surface area contributed by atoms with E-state index in [0.29, 0.717) is 18.4 Å². The van der Waals surface area contributed by atoms with E-state index in [1.54, 1.807) is 12.1 Å². The Morgan fingerprint density at radius 3 is 2.21 bits per heavy atom. The van der Waals surface area contributed by atoms with E-state index >= 15 is 0 Å². The molecule has 0 amide bonds. The number of hydrogen-bond acceptors (Lipinski definition) is 2. The molecule has 0 heterocycles. The molecule has 1 aromatic carbocycles. The van der Waals surface area contributed by atoms with Crippen LogP contribution in [0, 0.1) is 0 Å². The number of quaternary nitrogens is 1. The van der Waals surface area contributed by atoms with Crippen molar-refractivity contribution < 1.29 is 26.9 Å². The molecule has 0 aromatic heterocycles. The molecule has 0 fully saturated rings. The van der Waals surface area contributed by atoms with Gasteiger partial charge in [-0.25, -0.2) is 0 Å². The van der Waals surface area contributed by atoms with Crippen LogP contribution in [-0.4, -0.2) is 16.5 Å². The Bertz CT molecular complexity index is 356. The number of halogens is 1. The quantitative estimate of drug-likeness (QED) is 0.577. The zero-order chi connectivity index (χ0) is 12.7. The van der Waals surface area contributed by atoms with Gasteiger partial charge in [0.15, 0.2) is 5.78 Å². The summed E-state index contributed by atoms with van der Waals surface area (Å²) in [4.78, 5) is 12.2. The second kappa shape index (κ2) is 10.1. The van der Waals surface area contributed by atoms with Crippen molar-refractivity contribution in [2.75, 3.05) is 0 Å². The van der Waals surface area contributed by atoms with Gasteiger partial charge in [-0.05, 0) is 12.8 Å². The first-order chi connectivity index (χ1) is 8.14. The average molecular weight is 332 g/mol. The number of rotatable bonds is 7. The Morgan fingerprint density at radius 2 is 1.74 bits per heavy atom. The highest BCUT2D eigenvalue weighted by molar-refractivity contribution is 6.02. The highest BCUT2D eigenvalue weighted by atomic mass is 79.9. The standard InChI is InChI=1S/C15H22O2.BrH.H3N/c1-3-5-9-12-15(17,4-2)14(16)13-10-7-6-8-11-13;;/h6-8,10-11,17H,3-5,9,12H2,1-2H3;1H;1H3. The van der Waals surface area contributed by atoms with E-state index in [4.69, 9.17) is 0 Å². The first kappa shape index (κ1) is 20.6. The molecule has 4 heteroatoms. The lowest BCUT2D eigenvalue weighted by atomic mass is 9.85. The number of aliphatic hydroxyl groups is 1. The van der Waals surface area contributed by atoms with Crippen LogP contribution >= 0.6 is 0 Å². The summed E-state index contributed by atoms with van der Waals surface area (Å²) in [5.41, 5.74) is -0.579. The van der Waals surface area contributed by atoms with Gasteiger partial charge < -0.3 is 28.2 Å². The molecule has 110 valence electrons. The van der Waals surface area contributed by atoms with Crippen molar-refractivity contribution in [2.45, 2.75) is 51.6 Å². The zero-order valence-electron chi connectivity index (χ0n) is 12.2. The molecule has 1 aromatic rings. The Balaban J connectivity index is 0. The molecule has 1 unspecified atom stereocenters. The fourth-order valence-electron chi connectivity index (χ4n) is 1.98. The minimum absolute atomic E-state index is 0. The first-order valence-corrected chi connectivity index (χ1v) is 6.46. The highest BCUT2D eigenvalue weighted by Gasteiger charge is 2.33. The third-order valence-corrected chi connectivity index (χ3v) is 3.24. The fourth-order valence-corrected chi connectivity index (χ4v) is 1.98. The van der Waals surface area contributed by atoms with Crippen molar-refractivity contribution in [3.8, 4) is 0 Å². The molecule has 19 heavy (non-hydrogen) atoms. The van der Waals surface area contributed by atoms with Gasteiger partial charge in [0.05, 0.1) is 0 Å². The molecule has 1 rings (SSSR count). The van der Waals surface area contributed by atoms with Gasteiger partial charge >= 0.3 is 0 Å². The van der Waals surface area contributed by atoms with Gasteiger partial charge in [0.1, 0.15) is 5.60 Å². The summed E-state index contributed by atoms with van der Waals surface area (Å²) in [6.07, 6.45) is 4.10. The average Bonchev–Trinajstić information content (AvgIpc) is 2.39. The molecule has 1 atom stereocenters. The molecular weight excluding hydrogens is 306 g/mol. The predicted octanol–water partition coefficient (Wildman–Crippen LogP) is 0.971. The smallest absolute Gasteiger partial charge is 0.194 e. The number of carbonyl (C=O) groups is 1. The van der Waals surface area contributed by atoms with Crippen LogP contribution in [0.3, 0.4) is 0 Å². The highest BCUT2D eigenvalue weighted by Crippen LogP contribution is 2.24. The summed E-state index contributed by atoms with van der Waals surface area (Å²) in [7, 11) is 0. The predicted molar refractivity (Wildman–Crippen MR) is 76.1 cm³/mol. The van der Waals surface area contributed by atoms with Crippen LogP contribution in [0.2, 0.25) is 0 Å². The molecule has 0 radical (unpaired) electrons. The maximum Gasteiger partial charge on any atom is 0.194 e. The van der Waals surface area contributed by atoms with Crippen molar-refractivity contribution in [3.63, 3.8) is 0 Å². The third kappa shape index (κ3) is 5.85. The van der Waals surface area contributed by atoms with E-state index in [9.17, 15) is 9.90 Å². The molecule has 0 aliphatic heterocycles. The first-order valence-electron chi connectivity index (χ1n) is 6.46. The van der Waals surface area contributed by atoms with Crippen molar-refractivity contribution in [2.24, 2.45) is 0 Å². The normalized spacial score (nSPS) is 12.8. The molecule has 0 saturated heterocycles. The van der Waals surface area contributed by atoms with Gasteiger partial charge in [-0.1, -0.05) is 63.4 Å². The molecule has 3 nitrogen and oxygen atoms in total. The van der Waals surface area contributed by atoms with Gasteiger partial charge in [0.25, 0.3) is 0 Å². The fraction of sp³-hybridized carbons (Fsp3) is 0.533. The largest absolute Gasteiger partial charge is 1.00 e. The second-order valence-electron chi connectivity index (χ2n) is 4.54. The lowest BCUT2D eigenvalue weighted by Gasteiger charge is -2.25. The number of hydrogen-bond donors (Lipinski definition) is 2. The summed E-state index contributed by atoms with van der Waals surface area (Å²) in [5, 5.41) is 10.4. The van der Waals surface area contributed by atoms with Crippen molar-refractivity contribution in [1.29, 1.82) is 0 Å². The van der Waals surface area contributed by atoms with E-state index in [0.717, 1.165) is 19.3 Å². The Morgan fingerprint density at radius 1 is 1.16 bits per heavy atom. The van der Waals surface area contributed by atoms with Gasteiger partial charge in [0.2, 0.25) is 0 Å². The van der Waals surface area contributed by atoms with Crippen LogP contribution < -0.4 is 23.1 Å². The van der Waals surface area contributed by atoms with E-state index < -0.39 is 5.60 Å². The van der Waals surface area contributed by atoms with Crippen LogP contribution in [-0.2, 0) is 0 Å². The molecule has 0 saturated carbocycles. The minimum atomic E-state index is -1.18. The Kier molecular flexibility index (Phi) is 11.0. The molecule has 0 aliphatic rings. The number of unbranched alkanes of at least 4 members (excludes halogenated alkanes) is 2. The summed E-state index contributed by atoms with van der Waals surface area (Å²) in [6, 6.07) is 9.06. The molecule has 5 N–H and O–H groups in total. The minimum Gasteiger partial charge on any atom is -1.00 e. The zero-order valence-corrected chi connectivity index (χ0v) is 13.7. The molecular formula is C15H26BrNO2. The summed E-state index contributed by atoms with van der Waals surface area (Å²) < 4.78 is 0. The Hall–Kier alpha value is -0.710. The van der Waals surface area contributed by atoms with Crippen LogP contribution in [0.1, 0.15) is 56.3 Å². The van der Waals surface area contributed by atoms with Gasteiger partial charge in [-0.3, -0.25) is 4.79 Å². The van der Waals surface area contributed by atoms with Gasteiger partial charge in [-0.15, -0.1) is 0 Å². The molecule has 0 bridgehead atoms. The number of ketones is 1. The number of benzene rings is 1. The lowest BCUT2D eigenvalue weighted by Crippen LogP contribution is -3.00. The van der Waals surface area contributed by atoms with Gasteiger partial charge in [-0.2, -0.15) is 0 Å². The van der Waals surface area contributed by atoms with Crippen molar-refractivity contribution in [3.05, 3.63) is 35.9 Å². The van der Waals surface area contributed by atoms with E-state index in [1.807, 2.05) is 25.1 Å². The maximum absolute atomic E-state index is 12.2. The summed E-state index contributed by atoms with van der Waals surface area (Å²) in [5.74, 6) is -0.142. The maximum atomic E-state index is 12.2. The molecule has 0 aliphatic carbocycles. The monoisotopic (exact) mass is 331 g/mol. The van der Waals surface area contributed by atoms with Crippen LogP contribution in [0.15, 0.2) is 30.3 Å². The number of carbonyl (C=O) groups excluding carboxylic acids is 1. The van der Waals surface area contributed by atoms with Crippen LogP contribution in [0.4, 0.5) is 0 Å². The van der Waals surface area contributed by atoms with Crippen LogP contribution in [0.5, 0.6) is 0 Å². The van der Waals surface area contributed by atoms with Gasteiger partial charge in [0, 0.05) is 5.56 Å². The lowest BCUT2D eigenvalue weighted by molar-refractivity contribution is -0.0000116. The van der Waals surface area contributed by atoms with E-state index in [-0.39, 0.29) is 28.9 Å². The van der Waals surface area contributed by atoms with Crippen molar-refractivity contribution >= 4 is 5.78 Å². The second-order valence-corrected chi connectivity index (χ2v) is 4.54. The topological polar surface area (TPSA) is 73.8 Å². The number of Topliss-reactive ketones (excluding diaryl/α,β-unsaturated/α-hetero) is 1. The summed E-state index contributed by atoms with van der Waals surface area (Å²) in [6.45, 7) is 3.98. The SMILES string of the molecule is CCCCCC(O)(CC)C(=O)c1ccccc1.[Br-].[NH4+]. The van der Waals surface area contributed by atoms with Crippen LogP contribution in [0.25, 0.3) is 0 Å². The van der Waals surface area contributed by atoms with Crippen molar-refractivity contribution in [1.82, 2.24) is 6.15 Å². The molecule has 0 spiro atoms. The van der Waals surface area contributed by atoms with E-state index in [2.05, 4.69) is 6.92 Å². The third-order valence-electron chi connectivity index (χ3n) is 3.24.